The molecule has 2 aliphatic rings. The summed E-state index contributed by atoms with van der Waals surface area (Å²) in [5.41, 5.74) is 2.10. The van der Waals surface area contributed by atoms with E-state index < -0.39 is 17.6 Å². The number of aryl methyl sites for hydroxylation is 1. The van der Waals surface area contributed by atoms with Crippen LogP contribution in [0.2, 0.25) is 0 Å². The van der Waals surface area contributed by atoms with Gasteiger partial charge >= 0.3 is 5.92 Å². The largest absolute Gasteiger partial charge is 0.384 e. The van der Waals surface area contributed by atoms with E-state index in [0.717, 1.165) is 45.8 Å². The van der Waals surface area contributed by atoms with E-state index in [1.165, 1.54) is 16.8 Å². The van der Waals surface area contributed by atoms with Gasteiger partial charge in [0.1, 0.15) is 17.1 Å². The number of piperazine rings is 1. The van der Waals surface area contributed by atoms with Crippen molar-refractivity contribution in [3.63, 3.8) is 0 Å². The molecule has 3 heterocycles. The molecular weight excluding hydrogens is 492 g/mol. The number of nitrogens with zero attached hydrogens (tertiary/aromatic N) is 5. The van der Waals surface area contributed by atoms with Crippen LogP contribution in [0.25, 0.3) is 6.08 Å². The molecule has 11 heteroatoms. The molecule has 0 saturated carbocycles. The number of fused-ring (bicyclic) bond motifs is 1. The van der Waals surface area contributed by atoms with Gasteiger partial charge in [0, 0.05) is 51.9 Å². The number of hydrogen-bond acceptors (Lipinski definition) is 8. The van der Waals surface area contributed by atoms with Gasteiger partial charge in [-0.1, -0.05) is 18.2 Å². The van der Waals surface area contributed by atoms with Gasteiger partial charge in [-0.25, -0.2) is 4.68 Å². The Hall–Kier alpha value is -3.18. The minimum atomic E-state index is -3.43. The number of nitrogens with one attached hydrogen (secondary N) is 2. The summed E-state index contributed by atoms with van der Waals surface area (Å²) in [6.45, 7) is 12.0. The maximum absolute atomic E-state index is 14.8. The zero-order valence-corrected chi connectivity index (χ0v) is 23.2. The SMILES string of the molecule is CC(C)N1CCN(C2=Cc3c(N[C@H](C)c4cccc(C(F)(F)C(C)(C)O)c4)nn(C)c(=O)c3NN2C)CC1. The van der Waals surface area contributed by atoms with Crippen LogP contribution in [0.4, 0.5) is 20.3 Å². The van der Waals surface area contributed by atoms with Gasteiger partial charge in [0.05, 0.1) is 11.6 Å². The standard InChI is InChI=1S/C27H39F2N7O2/c1-17(2)35-11-13-36(14-12-35)22-16-21-23(31-33(22)6)25(37)34(7)32-24(21)30-18(3)19-9-8-10-20(15-19)27(28,29)26(4,5)38/h8-10,15-18,31,38H,11-14H2,1-7H3,(H,30,32)/t18-/m1/s1. The number of hydrogen-bond donors (Lipinski definition) is 3. The second-order valence-electron chi connectivity index (χ2n) is 11.0. The number of aliphatic hydroxyl groups is 1. The first-order valence-electron chi connectivity index (χ1n) is 13.0. The summed E-state index contributed by atoms with van der Waals surface area (Å²) in [5.74, 6) is -2.03. The molecule has 2 aromatic rings. The fourth-order valence-electron chi connectivity index (χ4n) is 4.87. The van der Waals surface area contributed by atoms with Crippen LogP contribution in [0.3, 0.4) is 0 Å². The maximum atomic E-state index is 14.8. The summed E-state index contributed by atoms with van der Waals surface area (Å²) in [4.78, 5) is 17.7. The number of hydrazine groups is 1. The van der Waals surface area contributed by atoms with Crippen LogP contribution in [0, 0.1) is 0 Å². The number of benzene rings is 1. The lowest BCUT2D eigenvalue weighted by Gasteiger charge is -2.43. The average Bonchev–Trinajstić information content (AvgIpc) is 2.86. The Kier molecular flexibility index (Phi) is 7.46. The van der Waals surface area contributed by atoms with Crippen LogP contribution < -0.4 is 16.3 Å². The van der Waals surface area contributed by atoms with Gasteiger partial charge in [-0.05, 0) is 52.3 Å². The highest BCUT2D eigenvalue weighted by Crippen LogP contribution is 2.39. The first-order valence-corrected chi connectivity index (χ1v) is 13.0. The van der Waals surface area contributed by atoms with Crippen molar-refractivity contribution < 1.29 is 13.9 Å². The molecular formula is C27H39F2N7O2. The van der Waals surface area contributed by atoms with Gasteiger partial charge in [-0.15, -0.1) is 0 Å². The summed E-state index contributed by atoms with van der Waals surface area (Å²) >= 11 is 0. The zero-order valence-electron chi connectivity index (χ0n) is 23.2. The number of rotatable bonds is 7. The van der Waals surface area contributed by atoms with Crippen molar-refractivity contribution in [1.82, 2.24) is 24.6 Å². The predicted molar refractivity (Wildman–Crippen MR) is 146 cm³/mol. The van der Waals surface area contributed by atoms with E-state index in [9.17, 15) is 18.7 Å². The highest BCUT2D eigenvalue weighted by molar-refractivity contribution is 5.78. The van der Waals surface area contributed by atoms with Crippen molar-refractivity contribution in [2.45, 2.75) is 58.2 Å². The quantitative estimate of drug-likeness (QED) is 0.501. The molecule has 0 radical (unpaired) electrons. The van der Waals surface area contributed by atoms with E-state index in [2.05, 4.69) is 39.5 Å². The molecule has 0 spiro atoms. The van der Waals surface area contributed by atoms with Crippen LogP contribution in [-0.2, 0) is 13.0 Å². The smallest absolute Gasteiger partial charge is 0.300 e. The second-order valence-corrected chi connectivity index (χ2v) is 11.0. The predicted octanol–water partition coefficient (Wildman–Crippen LogP) is 3.41. The van der Waals surface area contributed by atoms with Gasteiger partial charge in [0.15, 0.2) is 5.82 Å². The van der Waals surface area contributed by atoms with E-state index in [1.807, 2.05) is 25.1 Å². The highest BCUT2D eigenvalue weighted by atomic mass is 19.3. The van der Waals surface area contributed by atoms with Crippen LogP contribution in [0.15, 0.2) is 34.9 Å². The van der Waals surface area contributed by atoms with E-state index in [0.29, 0.717) is 28.7 Å². The number of aromatic nitrogens is 2. The van der Waals surface area contributed by atoms with Gasteiger partial charge in [0.25, 0.3) is 5.56 Å². The Balaban J connectivity index is 1.66. The Morgan fingerprint density at radius 3 is 2.37 bits per heavy atom. The fourth-order valence-corrected chi connectivity index (χ4v) is 4.87. The van der Waals surface area contributed by atoms with Crippen molar-refractivity contribution in [3.05, 3.63) is 57.1 Å². The number of halogens is 2. The van der Waals surface area contributed by atoms with Gasteiger partial charge in [-0.3, -0.25) is 20.1 Å². The molecule has 2 aliphatic heterocycles. The lowest BCUT2D eigenvalue weighted by atomic mass is 9.91. The van der Waals surface area contributed by atoms with Crippen molar-refractivity contribution >= 4 is 17.6 Å². The van der Waals surface area contributed by atoms with Crippen LogP contribution in [-0.4, -0.2) is 74.6 Å². The Morgan fingerprint density at radius 1 is 1.11 bits per heavy atom. The normalized spacial score (nSPS) is 17.7. The molecule has 1 saturated heterocycles. The Bertz CT molecular complexity index is 1260. The molecule has 3 N–H and O–H groups in total. The molecule has 1 aromatic carbocycles. The molecule has 1 aromatic heterocycles. The first kappa shape index (κ1) is 27.8. The third kappa shape index (κ3) is 5.22. The number of anilines is 2. The Labute approximate surface area is 222 Å². The van der Waals surface area contributed by atoms with Gasteiger partial charge in [-0.2, -0.15) is 13.9 Å². The summed E-state index contributed by atoms with van der Waals surface area (Å²) < 4.78 is 30.9. The van der Waals surface area contributed by atoms with Crippen molar-refractivity contribution in [3.8, 4) is 0 Å². The topological polar surface area (TPSA) is 88.9 Å². The summed E-state index contributed by atoms with van der Waals surface area (Å²) in [6, 6.07) is 6.09. The van der Waals surface area contributed by atoms with Gasteiger partial charge in [0.2, 0.25) is 0 Å². The molecule has 1 atom stereocenters. The lowest BCUT2D eigenvalue weighted by Crippen LogP contribution is -2.51. The van der Waals surface area contributed by atoms with Crippen molar-refractivity contribution in [1.29, 1.82) is 0 Å². The lowest BCUT2D eigenvalue weighted by molar-refractivity contribution is -0.168. The molecule has 4 rings (SSSR count). The first-order chi connectivity index (χ1) is 17.7. The molecule has 9 nitrogen and oxygen atoms in total. The van der Waals surface area contributed by atoms with E-state index >= 15 is 0 Å². The summed E-state index contributed by atoms with van der Waals surface area (Å²) in [7, 11) is 3.46. The molecule has 0 amide bonds. The van der Waals surface area contributed by atoms with Crippen molar-refractivity contribution in [2.75, 3.05) is 44.0 Å². The molecule has 0 unspecified atom stereocenters. The van der Waals surface area contributed by atoms with Crippen molar-refractivity contribution in [2.24, 2.45) is 7.05 Å². The fraction of sp³-hybridized carbons (Fsp3) is 0.556. The average molecular weight is 532 g/mol. The highest BCUT2D eigenvalue weighted by Gasteiger charge is 2.47. The molecule has 208 valence electrons. The molecule has 0 aliphatic carbocycles. The third-order valence-electron chi connectivity index (χ3n) is 7.42. The van der Waals surface area contributed by atoms with E-state index in [4.69, 9.17) is 0 Å². The summed E-state index contributed by atoms with van der Waals surface area (Å²) in [6.07, 6.45) is 1.96. The summed E-state index contributed by atoms with van der Waals surface area (Å²) in [5, 5.41) is 19.7. The van der Waals surface area contributed by atoms with Crippen LogP contribution in [0.5, 0.6) is 0 Å². The van der Waals surface area contributed by atoms with Crippen LogP contribution in [0.1, 0.15) is 57.4 Å². The van der Waals surface area contributed by atoms with E-state index in [-0.39, 0.29) is 11.1 Å². The molecule has 38 heavy (non-hydrogen) atoms. The Morgan fingerprint density at radius 2 is 1.76 bits per heavy atom. The van der Waals surface area contributed by atoms with Crippen LogP contribution >= 0.6 is 0 Å². The third-order valence-corrected chi connectivity index (χ3v) is 7.42. The number of alkyl halides is 2. The van der Waals surface area contributed by atoms with Gasteiger partial charge < -0.3 is 15.3 Å². The zero-order chi connectivity index (χ0) is 28.0. The van der Waals surface area contributed by atoms with E-state index in [1.54, 1.807) is 19.2 Å². The minimum Gasteiger partial charge on any atom is -0.384 e. The second kappa shape index (κ2) is 10.2. The molecule has 1 fully saturated rings. The maximum Gasteiger partial charge on any atom is 0.300 e. The molecule has 0 bridgehead atoms. The minimum absolute atomic E-state index is 0.266. The monoisotopic (exact) mass is 531 g/mol.